The minimum absolute atomic E-state index is 0.116. The molecule has 0 spiro atoms. The van der Waals surface area contributed by atoms with E-state index in [1.165, 1.54) is 13.3 Å². The number of unbranched alkanes of at least 4 members (excludes halogenated alkanes) is 3. The molecule has 5 nitrogen and oxygen atoms in total. The Bertz CT molecular complexity index is 840. The summed E-state index contributed by atoms with van der Waals surface area (Å²) in [4.78, 5) is 13.3. The number of hydrogen-bond acceptors (Lipinski definition) is 4. The molecule has 0 saturated heterocycles. The van der Waals surface area contributed by atoms with E-state index in [2.05, 4.69) is 25.5 Å². The third-order valence-corrected chi connectivity index (χ3v) is 22.8. The second-order valence-electron chi connectivity index (χ2n) is 8.74. The van der Waals surface area contributed by atoms with Crippen LogP contribution in [0.5, 0.6) is 0 Å². The van der Waals surface area contributed by atoms with Gasteiger partial charge in [0.25, 0.3) is 0 Å². The van der Waals surface area contributed by atoms with Crippen molar-refractivity contribution in [1.82, 2.24) is 4.72 Å². The van der Waals surface area contributed by atoms with Crippen LogP contribution in [0.2, 0.25) is 13.3 Å². The van der Waals surface area contributed by atoms with E-state index in [0.29, 0.717) is 18.6 Å². The number of nitrogens with one attached hydrogen (secondary N) is 1. The molecule has 0 saturated carbocycles. The topological polar surface area (TPSA) is 72.5 Å². The van der Waals surface area contributed by atoms with Crippen molar-refractivity contribution in [3.05, 3.63) is 39.2 Å². The van der Waals surface area contributed by atoms with E-state index < -0.39 is 34.3 Å². The van der Waals surface area contributed by atoms with Gasteiger partial charge >= 0.3 is 194 Å². The zero-order valence-electron chi connectivity index (χ0n) is 19.6. The van der Waals surface area contributed by atoms with Gasteiger partial charge in [-0.25, -0.2) is 0 Å². The number of sulfonamides is 1. The Morgan fingerprint density at radius 3 is 1.97 bits per heavy atom. The number of ether oxygens (including phenoxy) is 1. The van der Waals surface area contributed by atoms with E-state index in [1.54, 1.807) is 24.3 Å². The fourth-order valence-corrected chi connectivity index (χ4v) is 21.9. The Morgan fingerprint density at radius 1 is 0.968 bits per heavy atom. The molecule has 7 heteroatoms. The predicted octanol–water partition coefficient (Wildman–Crippen LogP) is 5.86. The Kier molecular flexibility index (Phi) is 10.4. The maximum atomic E-state index is 13.2. The molecule has 2 rings (SSSR count). The summed E-state index contributed by atoms with van der Waals surface area (Å²) in [6.07, 6.45) is 7.38. The number of carbonyl (C=O) groups excluding carboxylic acids is 1. The molecular formula is C24H39NO4SSn. The van der Waals surface area contributed by atoms with E-state index in [4.69, 9.17) is 4.74 Å². The Balaban J connectivity index is 2.38. The molecule has 0 aromatic heterocycles. The monoisotopic (exact) mass is 557 g/mol. The van der Waals surface area contributed by atoms with Gasteiger partial charge in [0.1, 0.15) is 0 Å². The molecule has 0 radical (unpaired) electrons. The fraction of sp³-hybridized carbons (Fsp3) is 0.625. The van der Waals surface area contributed by atoms with Crippen LogP contribution < -0.4 is 4.72 Å². The standard InChI is InChI=1S/C12H12NO4S.3C4H9.Sn/c1-9-2-4-11(5-3-9)18(15,16)13-12(14)10-6-7-17-8-10;3*1-3-4-2;/h2-5H,6-7H2,1H3,(H,13,14);3*1,3-4H2,2H3;. The van der Waals surface area contributed by atoms with Crippen molar-refractivity contribution in [3.8, 4) is 0 Å². The summed E-state index contributed by atoms with van der Waals surface area (Å²) in [6.45, 7) is 9.02. The van der Waals surface area contributed by atoms with Gasteiger partial charge in [-0.05, 0) is 0 Å². The van der Waals surface area contributed by atoms with E-state index in [1.807, 2.05) is 6.92 Å². The van der Waals surface area contributed by atoms with Gasteiger partial charge < -0.3 is 0 Å². The Morgan fingerprint density at radius 2 is 1.48 bits per heavy atom. The molecule has 1 aromatic rings. The van der Waals surface area contributed by atoms with Crippen LogP contribution in [0.15, 0.2) is 38.5 Å². The molecule has 1 heterocycles. The molecule has 0 atom stereocenters. The summed E-state index contributed by atoms with van der Waals surface area (Å²) < 4.78 is 38.6. The molecule has 0 bridgehead atoms. The average molecular weight is 556 g/mol. The van der Waals surface area contributed by atoms with Crippen LogP contribution in [0.1, 0.15) is 71.3 Å². The zero-order chi connectivity index (χ0) is 22.9. The predicted molar refractivity (Wildman–Crippen MR) is 129 cm³/mol. The van der Waals surface area contributed by atoms with Crippen molar-refractivity contribution in [2.75, 3.05) is 6.61 Å². The molecule has 0 unspecified atom stereocenters. The van der Waals surface area contributed by atoms with E-state index in [9.17, 15) is 13.2 Å². The SMILES string of the molecule is CCC[CH2][Sn]([CH2]CCC)([CH2]CCC)[C]1=C(C(=O)NS(=O)(=O)c2ccc(C)cc2)CCO1. The van der Waals surface area contributed by atoms with Gasteiger partial charge in [-0.2, -0.15) is 0 Å². The van der Waals surface area contributed by atoms with Gasteiger partial charge in [-0.1, -0.05) is 0 Å². The second kappa shape index (κ2) is 12.3. The first-order valence-electron chi connectivity index (χ1n) is 11.8. The van der Waals surface area contributed by atoms with Gasteiger partial charge in [-0.3, -0.25) is 0 Å². The summed E-state index contributed by atoms with van der Waals surface area (Å²) >= 11 is -2.95. The summed E-state index contributed by atoms with van der Waals surface area (Å²) in [5.74, 6) is -0.487. The van der Waals surface area contributed by atoms with Crippen molar-refractivity contribution in [2.45, 2.75) is 90.8 Å². The number of rotatable bonds is 13. The van der Waals surface area contributed by atoms with Gasteiger partial charge in [0.05, 0.1) is 0 Å². The van der Waals surface area contributed by atoms with Crippen LogP contribution in [0, 0.1) is 6.92 Å². The number of carbonyl (C=O) groups is 1. The molecular weight excluding hydrogens is 517 g/mol. The van der Waals surface area contributed by atoms with Crippen LogP contribution in [0.3, 0.4) is 0 Å². The van der Waals surface area contributed by atoms with Gasteiger partial charge in [0.15, 0.2) is 0 Å². The Labute approximate surface area is 193 Å². The van der Waals surface area contributed by atoms with Crippen LogP contribution in [-0.4, -0.2) is 39.3 Å². The molecule has 0 aliphatic carbocycles. The van der Waals surface area contributed by atoms with Crippen LogP contribution >= 0.6 is 0 Å². The number of benzene rings is 1. The molecule has 1 amide bonds. The first-order valence-corrected chi connectivity index (χ1v) is 20.8. The number of hydrogen-bond donors (Lipinski definition) is 1. The zero-order valence-corrected chi connectivity index (χ0v) is 23.3. The first kappa shape index (κ1) is 26.2. The van der Waals surface area contributed by atoms with Crippen molar-refractivity contribution in [3.63, 3.8) is 0 Å². The summed E-state index contributed by atoms with van der Waals surface area (Å²) in [5, 5.41) is 0. The molecule has 174 valence electrons. The van der Waals surface area contributed by atoms with Crippen molar-refractivity contribution in [1.29, 1.82) is 0 Å². The molecule has 1 aliphatic rings. The average Bonchev–Trinajstić information content (AvgIpc) is 3.24. The summed E-state index contributed by atoms with van der Waals surface area (Å²) in [7, 11) is -3.90. The minimum atomic E-state index is -3.90. The summed E-state index contributed by atoms with van der Waals surface area (Å²) in [6, 6.07) is 6.56. The van der Waals surface area contributed by atoms with Crippen molar-refractivity contribution < 1.29 is 17.9 Å². The maximum absolute atomic E-state index is 13.2. The fourth-order valence-electron chi connectivity index (χ4n) is 4.37. The van der Waals surface area contributed by atoms with E-state index in [0.717, 1.165) is 47.9 Å². The molecule has 1 N–H and O–H groups in total. The summed E-state index contributed by atoms with van der Waals surface area (Å²) in [5.41, 5.74) is 1.58. The molecule has 0 fully saturated rings. The second-order valence-corrected chi connectivity index (χ2v) is 23.3. The number of amides is 1. The van der Waals surface area contributed by atoms with Gasteiger partial charge in [0.2, 0.25) is 0 Å². The number of aryl methyl sites for hydroxylation is 1. The Hall–Kier alpha value is -1.02. The normalized spacial score (nSPS) is 14.6. The first-order chi connectivity index (χ1) is 14.8. The molecule has 31 heavy (non-hydrogen) atoms. The van der Waals surface area contributed by atoms with Crippen molar-refractivity contribution >= 4 is 34.3 Å². The van der Waals surface area contributed by atoms with Gasteiger partial charge in [-0.15, -0.1) is 0 Å². The van der Waals surface area contributed by atoms with Crippen molar-refractivity contribution in [2.24, 2.45) is 0 Å². The third kappa shape index (κ3) is 6.98. The van der Waals surface area contributed by atoms with Crippen LogP contribution in [0.4, 0.5) is 0 Å². The molecule has 1 aliphatic heterocycles. The molecule has 1 aromatic carbocycles. The third-order valence-electron chi connectivity index (χ3n) is 6.21. The van der Waals surface area contributed by atoms with E-state index in [-0.39, 0.29) is 4.90 Å². The quantitative estimate of drug-likeness (QED) is 0.309. The van der Waals surface area contributed by atoms with Gasteiger partial charge in [0, 0.05) is 0 Å². The van der Waals surface area contributed by atoms with Crippen LogP contribution in [-0.2, 0) is 19.6 Å². The van der Waals surface area contributed by atoms with E-state index >= 15 is 0 Å². The van der Waals surface area contributed by atoms with Crippen LogP contribution in [0.25, 0.3) is 0 Å².